The minimum atomic E-state index is -0.815. The van der Waals surface area contributed by atoms with Gasteiger partial charge < -0.3 is 9.84 Å². The molecule has 0 saturated heterocycles. The Kier molecular flexibility index (Phi) is 5.84. The van der Waals surface area contributed by atoms with Crippen molar-refractivity contribution in [3.8, 4) is 0 Å². The number of carboxylic acid groups (broad SMARTS) is 1. The van der Waals surface area contributed by atoms with Crippen LogP contribution in [0.25, 0.3) is 32.3 Å². The summed E-state index contributed by atoms with van der Waals surface area (Å²) in [7, 11) is 0. The number of hydrogen-bond donors (Lipinski definition) is 1. The van der Waals surface area contributed by atoms with Crippen molar-refractivity contribution in [1.29, 1.82) is 0 Å². The molecule has 0 heterocycles. The van der Waals surface area contributed by atoms with Gasteiger partial charge in [-0.3, -0.25) is 9.59 Å². The zero-order valence-corrected chi connectivity index (χ0v) is 17.2. The van der Waals surface area contributed by atoms with Crippen LogP contribution in [0, 0.1) is 6.92 Å². The Hall–Kier alpha value is -3.14. The lowest BCUT2D eigenvalue weighted by molar-refractivity contribution is -0.143. The van der Waals surface area contributed by atoms with Gasteiger partial charge in [0.1, 0.15) is 0 Å². The van der Waals surface area contributed by atoms with E-state index in [-0.39, 0.29) is 12.4 Å². The molecule has 0 unspecified atom stereocenters. The number of benzene rings is 4. The number of aliphatic carboxylic acids is 1. The fourth-order valence-electron chi connectivity index (χ4n) is 4.28. The molecule has 0 fully saturated rings. The summed E-state index contributed by atoms with van der Waals surface area (Å²) in [5.74, 6) is -1.02. The predicted octanol–water partition coefficient (Wildman–Crippen LogP) is 6.01. The number of hydrogen-bond acceptors (Lipinski definition) is 3. The van der Waals surface area contributed by atoms with Crippen molar-refractivity contribution in [3.05, 3.63) is 59.7 Å². The van der Waals surface area contributed by atoms with Crippen molar-refractivity contribution in [3.63, 3.8) is 0 Å². The molecule has 154 valence electrons. The van der Waals surface area contributed by atoms with Crippen LogP contribution >= 0.6 is 0 Å². The molecule has 30 heavy (non-hydrogen) atoms. The van der Waals surface area contributed by atoms with Crippen LogP contribution < -0.4 is 0 Å². The summed E-state index contributed by atoms with van der Waals surface area (Å²) in [6.07, 6.45) is 3.17. The highest BCUT2D eigenvalue weighted by molar-refractivity contribution is 6.24. The van der Waals surface area contributed by atoms with Crippen LogP contribution in [0.1, 0.15) is 43.2 Å². The number of carbonyl (C=O) groups is 2. The van der Waals surface area contributed by atoms with E-state index in [1.165, 1.54) is 43.4 Å². The van der Waals surface area contributed by atoms with Crippen molar-refractivity contribution in [2.24, 2.45) is 0 Å². The number of rotatable bonds is 9. The summed E-state index contributed by atoms with van der Waals surface area (Å²) in [6.45, 7) is 2.45. The molecule has 0 saturated carbocycles. The number of aryl methyl sites for hydroxylation is 2. The molecular formula is C26H26O4. The number of ether oxygens (including phenoxy) is 1. The minimum absolute atomic E-state index is 0.117. The maximum absolute atomic E-state index is 12.0. The molecule has 0 aliphatic rings. The Morgan fingerprint density at radius 3 is 2.23 bits per heavy atom. The second kappa shape index (κ2) is 8.70. The van der Waals surface area contributed by atoms with Crippen molar-refractivity contribution in [2.75, 3.05) is 6.61 Å². The van der Waals surface area contributed by atoms with Gasteiger partial charge in [-0.15, -0.1) is 0 Å². The fourth-order valence-corrected chi connectivity index (χ4v) is 4.28. The highest BCUT2D eigenvalue weighted by atomic mass is 16.5. The second-order valence-electron chi connectivity index (χ2n) is 7.95. The highest BCUT2D eigenvalue weighted by Gasteiger charge is 2.12. The van der Waals surface area contributed by atoms with Gasteiger partial charge in [0.2, 0.25) is 0 Å². The number of carbonyl (C=O) groups excluding carboxylic acids is 1. The third-order valence-electron chi connectivity index (χ3n) is 5.85. The van der Waals surface area contributed by atoms with E-state index < -0.39 is 5.97 Å². The summed E-state index contributed by atoms with van der Waals surface area (Å²) in [5.41, 5.74) is 2.54. The molecule has 4 rings (SSSR count). The fraction of sp³-hybridized carbons (Fsp3) is 0.308. The maximum atomic E-state index is 12.0. The normalized spacial score (nSPS) is 11.5. The van der Waals surface area contributed by atoms with Gasteiger partial charge in [-0.05, 0) is 76.1 Å². The van der Waals surface area contributed by atoms with Gasteiger partial charge in [-0.25, -0.2) is 0 Å². The molecule has 4 nitrogen and oxygen atoms in total. The molecule has 0 aliphatic heterocycles. The van der Waals surface area contributed by atoms with Crippen molar-refractivity contribution in [2.45, 2.75) is 45.4 Å². The first kappa shape index (κ1) is 20.1. The molecule has 4 aromatic carbocycles. The number of carboxylic acids is 1. The van der Waals surface area contributed by atoms with E-state index in [9.17, 15) is 9.59 Å². The zero-order chi connectivity index (χ0) is 21.1. The minimum Gasteiger partial charge on any atom is -0.481 e. The lowest BCUT2D eigenvalue weighted by Gasteiger charge is -2.15. The van der Waals surface area contributed by atoms with E-state index in [1.807, 2.05) is 0 Å². The van der Waals surface area contributed by atoms with Gasteiger partial charge in [-0.2, -0.15) is 0 Å². The van der Waals surface area contributed by atoms with Crippen LogP contribution in [0.4, 0.5) is 0 Å². The molecule has 1 N–H and O–H groups in total. The third kappa shape index (κ3) is 4.09. The quantitative estimate of drug-likeness (QED) is 0.211. The SMILES string of the molecule is Cc1ccc2ccc3ccc(CCCC(=O)OCCCCC(=O)O)c4ccc1c2c34. The number of unbranched alkanes of at least 4 members (excludes halogenated alkanes) is 1. The average molecular weight is 402 g/mol. The van der Waals surface area contributed by atoms with Crippen molar-refractivity contribution in [1.82, 2.24) is 0 Å². The third-order valence-corrected chi connectivity index (χ3v) is 5.85. The van der Waals surface area contributed by atoms with Crippen LogP contribution in [-0.4, -0.2) is 23.7 Å². The summed E-state index contributed by atoms with van der Waals surface area (Å²) in [6, 6.07) is 17.5. The molecule has 0 atom stereocenters. The topological polar surface area (TPSA) is 63.6 Å². The monoisotopic (exact) mass is 402 g/mol. The smallest absolute Gasteiger partial charge is 0.305 e. The Morgan fingerprint density at radius 2 is 1.47 bits per heavy atom. The molecule has 0 aliphatic carbocycles. The van der Waals surface area contributed by atoms with Crippen LogP contribution in [0.3, 0.4) is 0 Å². The van der Waals surface area contributed by atoms with E-state index in [0.29, 0.717) is 25.9 Å². The lowest BCUT2D eigenvalue weighted by Crippen LogP contribution is -2.07. The summed E-state index contributed by atoms with van der Waals surface area (Å²) >= 11 is 0. The van der Waals surface area contributed by atoms with Crippen LogP contribution in [0.5, 0.6) is 0 Å². The highest BCUT2D eigenvalue weighted by Crippen LogP contribution is 2.37. The van der Waals surface area contributed by atoms with Crippen LogP contribution in [0.2, 0.25) is 0 Å². The Bertz CT molecular complexity index is 1210. The standard InChI is InChI=1S/C26H26O4/c1-17-8-9-19-12-13-20-11-10-18(22-15-14-21(17)25(19)26(20)22)5-4-7-24(29)30-16-3-2-6-23(27)28/h8-15H,2-7,16H2,1H3,(H,27,28). The molecule has 0 bridgehead atoms. The first-order valence-electron chi connectivity index (χ1n) is 10.6. The van der Waals surface area contributed by atoms with E-state index in [2.05, 4.69) is 55.5 Å². The van der Waals surface area contributed by atoms with Gasteiger partial charge in [0.25, 0.3) is 0 Å². The summed E-state index contributed by atoms with van der Waals surface area (Å²) in [4.78, 5) is 22.5. The first-order valence-corrected chi connectivity index (χ1v) is 10.6. The maximum Gasteiger partial charge on any atom is 0.305 e. The molecule has 4 heteroatoms. The van der Waals surface area contributed by atoms with E-state index in [0.717, 1.165) is 12.8 Å². The van der Waals surface area contributed by atoms with E-state index in [1.54, 1.807) is 0 Å². The van der Waals surface area contributed by atoms with Gasteiger partial charge in [0.15, 0.2) is 0 Å². The molecule has 0 spiro atoms. The Labute approximate surface area is 175 Å². The molecule has 0 radical (unpaired) electrons. The predicted molar refractivity (Wildman–Crippen MR) is 120 cm³/mol. The summed E-state index contributed by atoms with van der Waals surface area (Å²) < 4.78 is 5.22. The largest absolute Gasteiger partial charge is 0.481 e. The molecule has 0 amide bonds. The van der Waals surface area contributed by atoms with Gasteiger partial charge >= 0.3 is 11.9 Å². The summed E-state index contributed by atoms with van der Waals surface area (Å²) in [5, 5.41) is 16.3. The number of esters is 1. The molecule has 4 aromatic rings. The average Bonchev–Trinajstić information content (AvgIpc) is 2.73. The zero-order valence-electron chi connectivity index (χ0n) is 17.2. The lowest BCUT2D eigenvalue weighted by atomic mass is 9.89. The van der Waals surface area contributed by atoms with Crippen molar-refractivity contribution >= 4 is 44.3 Å². The second-order valence-corrected chi connectivity index (χ2v) is 7.95. The van der Waals surface area contributed by atoms with Gasteiger partial charge in [0, 0.05) is 12.8 Å². The van der Waals surface area contributed by atoms with Crippen LogP contribution in [-0.2, 0) is 20.7 Å². The Morgan fingerprint density at radius 1 is 0.800 bits per heavy atom. The molecular weight excluding hydrogens is 376 g/mol. The Balaban J connectivity index is 1.44. The van der Waals surface area contributed by atoms with Gasteiger partial charge in [0.05, 0.1) is 6.61 Å². The van der Waals surface area contributed by atoms with Crippen LogP contribution in [0.15, 0.2) is 48.5 Å². The molecule has 0 aromatic heterocycles. The first-order chi connectivity index (χ1) is 14.5. The van der Waals surface area contributed by atoms with E-state index >= 15 is 0 Å². The van der Waals surface area contributed by atoms with E-state index in [4.69, 9.17) is 9.84 Å². The van der Waals surface area contributed by atoms with Crippen molar-refractivity contribution < 1.29 is 19.4 Å². The van der Waals surface area contributed by atoms with Gasteiger partial charge in [-0.1, -0.05) is 48.5 Å².